The van der Waals surface area contributed by atoms with Crippen LogP contribution in [-0.4, -0.2) is 28.5 Å². The predicted molar refractivity (Wildman–Crippen MR) is 89.7 cm³/mol. The molecule has 0 atom stereocenters. The molecule has 1 aromatic carbocycles. The van der Waals surface area contributed by atoms with Crippen LogP contribution < -0.4 is 10.3 Å². The number of hydrogen-bond donors (Lipinski definition) is 1. The Kier molecular flexibility index (Phi) is 4.66. The lowest BCUT2D eigenvalue weighted by atomic mass is 10.0. The maximum absolute atomic E-state index is 14.3. The number of ether oxygens (including phenoxy) is 1. The normalized spacial score (nSPS) is 14.7. The molecule has 0 radical (unpaired) electrons. The summed E-state index contributed by atoms with van der Waals surface area (Å²) in [6.45, 7) is 5.68. The van der Waals surface area contributed by atoms with Gasteiger partial charge in [-0.1, -0.05) is 26.0 Å². The van der Waals surface area contributed by atoms with Crippen LogP contribution in [-0.2, 0) is 19.5 Å². The van der Waals surface area contributed by atoms with E-state index in [1.165, 1.54) is 7.11 Å². The van der Waals surface area contributed by atoms with Crippen LogP contribution in [0.1, 0.15) is 42.4 Å². The van der Waals surface area contributed by atoms with Gasteiger partial charge in [-0.25, -0.2) is 9.37 Å². The topological polar surface area (TPSA) is 58.2 Å². The monoisotopic (exact) mass is 331 g/mol. The van der Waals surface area contributed by atoms with E-state index in [2.05, 4.69) is 14.9 Å². The van der Waals surface area contributed by atoms with Crippen molar-refractivity contribution >= 4 is 0 Å². The van der Waals surface area contributed by atoms with E-state index in [4.69, 9.17) is 4.74 Å². The summed E-state index contributed by atoms with van der Waals surface area (Å²) in [6, 6.07) is 5.13. The van der Waals surface area contributed by atoms with Gasteiger partial charge in [-0.3, -0.25) is 9.69 Å². The van der Waals surface area contributed by atoms with Gasteiger partial charge in [0.1, 0.15) is 5.82 Å². The zero-order valence-electron chi connectivity index (χ0n) is 14.2. The molecule has 1 N–H and O–H groups in total. The Bertz CT molecular complexity index is 801. The summed E-state index contributed by atoms with van der Waals surface area (Å²) in [5.41, 5.74) is 2.04. The molecule has 2 aromatic rings. The standard InChI is InChI=1S/C18H22FN3O2/c1-11(2)17-20-14-7-8-22(10-13(14)18(23)21-17)9-12-5-4-6-15(24-3)16(12)19/h4-6,11H,7-10H2,1-3H3,(H,20,21,23). The Labute approximate surface area is 140 Å². The minimum atomic E-state index is -0.340. The van der Waals surface area contributed by atoms with Crippen molar-refractivity contribution in [1.82, 2.24) is 14.9 Å². The molecule has 0 unspecified atom stereocenters. The molecule has 0 spiro atoms. The van der Waals surface area contributed by atoms with Crippen LogP contribution in [0.3, 0.4) is 0 Å². The van der Waals surface area contributed by atoms with Crippen molar-refractivity contribution in [3.63, 3.8) is 0 Å². The minimum Gasteiger partial charge on any atom is -0.494 e. The summed E-state index contributed by atoms with van der Waals surface area (Å²) < 4.78 is 19.3. The minimum absolute atomic E-state index is 0.0838. The number of rotatable bonds is 4. The van der Waals surface area contributed by atoms with Crippen LogP contribution in [0.25, 0.3) is 0 Å². The van der Waals surface area contributed by atoms with Gasteiger partial charge >= 0.3 is 0 Å². The van der Waals surface area contributed by atoms with Crippen molar-refractivity contribution in [2.75, 3.05) is 13.7 Å². The largest absolute Gasteiger partial charge is 0.494 e. The summed E-state index contributed by atoms with van der Waals surface area (Å²) in [6.07, 6.45) is 0.699. The Morgan fingerprint density at radius 3 is 2.92 bits per heavy atom. The van der Waals surface area contributed by atoms with Gasteiger partial charge in [0.15, 0.2) is 11.6 Å². The first-order chi connectivity index (χ1) is 11.5. The molecule has 6 heteroatoms. The molecule has 1 aliphatic heterocycles. The second kappa shape index (κ2) is 6.73. The van der Waals surface area contributed by atoms with Gasteiger partial charge in [-0.05, 0) is 6.07 Å². The summed E-state index contributed by atoms with van der Waals surface area (Å²) in [5, 5.41) is 0. The van der Waals surface area contributed by atoms with Crippen LogP contribution in [0.2, 0.25) is 0 Å². The highest BCUT2D eigenvalue weighted by Gasteiger charge is 2.23. The Balaban J connectivity index is 1.82. The molecule has 0 amide bonds. The van der Waals surface area contributed by atoms with E-state index < -0.39 is 0 Å². The number of aromatic amines is 1. The SMILES string of the molecule is COc1cccc(CN2CCc3nc(C(C)C)[nH]c(=O)c3C2)c1F. The smallest absolute Gasteiger partial charge is 0.255 e. The molecule has 0 bridgehead atoms. The lowest BCUT2D eigenvalue weighted by Gasteiger charge is -2.28. The van der Waals surface area contributed by atoms with Gasteiger partial charge in [0.05, 0.1) is 18.4 Å². The molecule has 5 nitrogen and oxygen atoms in total. The summed E-state index contributed by atoms with van der Waals surface area (Å²) in [5.74, 6) is 0.817. The number of H-pyrrole nitrogens is 1. The molecule has 0 aliphatic carbocycles. The fraction of sp³-hybridized carbons (Fsp3) is 0.444. The lowest BCUT2D eigenvalue weighted by Crippen LogP contribution is -2.36. The van der Waals surface area contributed by atoms with Crippen LogP contribution in [0, 0.1) is 5.82 Å². The fourth-order valence-corrected chi connectivity index (χ4v) is 2.99. The van der Waals surface area contributed by atoms with E-state index in [1.54, 1.807) is 18.2 Å². The van der Waals surface area contributed by atoms with Crippen LogP contribution in [0.5, 0.6) is 5.75 Å². The van der Waals surface area contributed by atoms with E-state index in [9.17, 15) is 9.18 Å². The van der Waals surface area contributed by atoms with Crippen molar-refractivity contribution in [2.24, 2.45) is 0 Å². The first-order valence-corrected chi connectivity index (χ1v) is 8.15. The van der Waals surface area contributed by atoms with Gasteiger partial charge in [-0.15, -0.1) is 0 Å². The number of halogens is 1. The van der Waals surface area contributed by atoms with E-state index in [1.807, 2.05) is 13.8 Å². The molecule has 1 aromatic heterocycles. The molecule has 128 valence electrons. The van der Waals surface area contributed by atoms with E-state index in [-0.39, 0.29) is 23.0 Å². The van der Waals surface area contributed by atoms with Crippen LogP contribution >= 0.6 is 0 Å². The van der Waals surface area contributed by atoms with Gasteiger partial charge < -0.3 is 9.72 Å². The van der Waals surface area contributed by atoms with E-state index in [0.717, 1.165) is 18.1 Å². The second-order valence-corrected chi connectivity index (χ2v) is 6.43. The molecule has 0 saturated heterocycles. The number of benzene rings is 1. The number of methoxy groups -OCH3 is 1. The maximum atomic E-state index is 14.3. The third-order valence-corrected chi connectivity index (χ3v) is 4.37. The maximum Gasteiger partial charge on any atom is 0.255 e. The van der Waals surface area contributed by atoms with Gasteiger partial charge in [-0.2, -0.15) is 0 Å². The third kappa shape index (κ3) is 3.19. The zero-order valence-corrected chi connectivity index (χ0v) is 14.2. The Morgan fingerprint density at radius 1 is 1.42 bits per heavy atom. The van der Waals surface area contributed by atoms with Crippen molar-refractivity contribution in [3.05, 3.63) is 57.0 Å². The van der Waals surface area contributed by atoms with E-state index >= 15 is 0 Å². The van der Waals surface area contributed by atoms with E-state index in [0.29, 0.717) is 30.6 Å². The Hall–Kier alpha value is -2.21. The molecule has 0 fully saturated rings. The number of aromatic nitrogens is 2. The van der Waals surface area contributed by atoms with Crippen molar-refractivity contribution in [3.8, 4) is 5.75 Å². The fourth-order valence-electron chi connectivity index (χ4n) is 2.99. The van der Waals surface area contributed by atoms with Gasteiger partial charge in [0.2, 0.25) is 0 Å². The summed E-state index contributed by atoms with van der Waals surface area (Å²) >= 11 is 0. The third-order valence-electron chi connectivity index (χ3n) is 4.37. The highest BCUT2D eigenvalue weighted by Crippen LogP contribution is 2.23. The van der Waals surface area contributed by atoms with Gasteiger partial charge in [0, 0.05) is 37.5 Å². The lowest BCUT2D eigenvalue weighted by molar-refractivity contribution is 0.237. The second-order valence-electron chi connectivity index (χ2n) is 6.43. The number of fused-ring (bicyclic) bond motifs is 1. The number of nitrogens with one attached hydrogen (secondary N) is 1. The molecule has 24 heavy (non-hydrogen) atoms. The highest BCUT2D eigenvalue weighted by molar-refractivity contribution is 5.31. The average molecular weight is 331 g/mol. The first kappa shape index (κ1) is 16.6. The van der Waals surface area contributed by atoms with Gasteiger partial charge in [0.25, 0.3) is 5.56 Å². The molecular formula is C18H22FN3O2. The quantitative estimate of drug-likeness (QED) is 0.935. The van der Waals surface area contributed by atoms with Crippen molar-refractivity contribution < 1.29 is 9.13 Å². The average Bonchev–Trinajstić information content (AvgIpc) is 2.57. The predicted octanol–water partition coefficient (Wildman–Crippen LogP) is 2.60. The number of nitrogens with zero attached hydrogens (tertiary/aromatic N) is 2. The molecule has 0 saturated carbocycles. The zero-order chi connectivity index (χ0) is 17.3. The first-order valence-electron chi connectivity index (χ1n) is 8.15. The molecular weight excluding hydrogens is 309 g/mol. The van der Waals surface area contributed by atoms with Crippen LogP contribution in [0.4, 0.5) is 4.39 Å². The summed E-state index contributed by atoms with van der Waals surface area (Å²) in [4.78, 5) is 21.8. The Morgan fingerprint density at radius 2 is 2.21 bits per heavy atom. The molecule has 2 heterocycles. The molecule has 3 rings (SSSR count). The van der Waals surface area contributed by atoms with Crippen LogP contribution in [0.15, 0.2) is 23.0 Å². The number of hydrogen-bond acceptors (Lipinski definition) is 4. The van der Waals surface area contributed by atoms with Crippen molar-refractivity contribution in [1.29, 1.82) is 0 Å². The highest BCUT2D eigenvalue weighted by atomic mass is 19.1. The van der Waals surface area contributed by atoms with Crippen molar-refractivity contribution in [2.45, 2.75) is 39.3 Å². The summed E-state index contributed by atoms with van der Waals surface area (Å²) in [7, 11) is 1.46. The molecule has 1 aliphatic rings.